The van der Waals surface area contributed by atoms with Crippen molar-refractivity contribution in [3.05, 3.63) is 29.8 Å². The molecule has 1 atom stereocenters. The third kappa shape index (κ3) is 4.26. The van der Waals surface area contributed by atoms with E-state index in [1.54, 1.807) is 6.07 Å². The van der Waals surface area contributed by atoms with Gasteiger partial charge in [-0.3, -0.25) is 0 Å². The molecule has 1 N–H and O–H groups in total. The van der Waals surface area contributed by atoms with Crippen LogP contribution in [-0.4, -0.2) is 5.11 Å². The van der Waals surface area contributed by atoms with Gasteiger partial charge in [0.1, 0.15) is 5.75 Å². The van der Waals surface area contributed by atoms with Gasteiger partial charge >= 0.3 is 0 Å². The van der Waals surface area contributed by atoms with Crippen LogP contribution in [0, 0.1) is 5.92 Å². The maximum absolute atomic E-state index is 9.75. The van der Waals surface area contributed by atoms with Crippen molar-refractivity contribution in [2.75, 3.05) is 0 Å². The van der Waals surface area contributed by atoms with Crippen LogP contribution in [0.1, 0.15) is 51.5 Å². The third-order valence-corrected chi connectivity index (χ3v) is 3.16. The molecular formula is C15H24O. The van der Waals surface area contributed by atoms with Crippen molar-refractivity contribution < 1.29 is 5.11 Å². The second-order valence-corrected chi connectivity index (χ2v) is 4.63. The first-order valence-electron chi connectivity index (χ1n) is 6.54. The molecule has 0 amide bonds. The van der Waals surface area contributed by atoms with E-state index in [4.69, 9.17) is 0 Å². The summed E-state index contributed by atoms with van der Waals surface area (Å²) in [5, 5.41) is 9.75. The van der Waals surface area contributed by atoms with Crippen molar-refractivity contribution in [1.29, 1.82) is 0 Å². The van der Waals surface area contributed by atoms with E-state index in [1.807, 2.05) is 18.2 Å². The van der Waals surface area contributed by atoms with Crippen LogP contribution in [0.5, 0.6) is 5.75 Å². The Morgan fingerprint density at radius 1 is 1.06 bits per heavy atom. The van der Waals surface area contributed by atoms with Gasteiger partial charge in [-0.25, -0.2) is 0 Å². The Kier molecular flexibility index (Phi) is 5.99. The van der Waals surface area contributed by atoms with Crippen molar-refractivity contribution in [2.45, 2.75) is 52.4 Å². The van der Waals surface area contributed by atoms with Gasteiger partial charge in [0.05, 0.1) is 0 Å². The number of hydrogen-bond acceptors (Lipinski definition) is 1. The topological polar surface area (TPSA) is 20.2 Å². The fourth-order valence-electron chi connectivity index (χ4n) is 2.24. The van der Waals surface area contributed by atoms with Gasteiger partial charge in [0.2, 0.25) is 0 Å². The van der Waals surface area contributed by atoms with Crippen LogP contribution in [0.15, 0.2) is 24.3 Å². The molecule has 0 spiro atoms. The summed E-state index contributed by atoms with van der Waals surface area (Å²) < 4.78 is 0. The Hall–Kier alpha value is -0.980. The third-order valence-electron chi connectivity index (χ3n) is 3.16. The Morgan fingerprint density at radius 3 is 2.44 bits per heavy atom. The highest BCUT2D eigenvalue weighted by atomic mass is 16.3. The molecule has 1 heteroatoms. The SMILES string of the molecule is CCCC[C@H](CCC)Cc1ccccc1O. The van der Waals surface area contributed by atoms with Crippen molar-refractivity contribution in [1.82, 2.24) is 0 Å². The van der Waals surface area contributed by atoms with E-state index in [0.717, 1.165) is 17.9 Å². The van der Waals surface area contributed by atoms with E-state index in [0.29, 0.717) is 5.75 Å². The standard InChI is InChI=1S/C15H24O/c1-3-5-9-13(8-4-2)12-14-10-6-7-11-15(14)16/h6-7,10-11,13,16H,3-5,8-9,12H2,1-2H3/t13-/m0/s1. The van der Waals surface area contributed by atoms with Crippen molar-refractivity contribution in [3.63, 3.8) is 0 Å². The van der Waals surface area contributed by atoms with Crippen LogP contribution in [0.2, 0.25) is 0 Å². The Labute approximate surface area is 99.5 Å². The zero-order valence-electron chi connectivity index (χ0n) is 10.6. The zero-order valence-corrected chi connectivity index (χ0v) is 10.6. The summed E-state index contributed by atoms with van der Waals surface area (Å²) in [7, 11) is 0. The highest BCUT2D eigenvalue weighted by molar-refractivity contribution is 5.31. The molecule has 1 aromatic carbocycles. The molecule has 0 saturated heterocycles. The van der Waals surface area contributed by atoms with E-state index < -0.39 is 0 Å². The second kappa shape index (κ2) is 7.32. The number of unbranched alkanes of at least 4 members (excludes halogenated alkanes) is 1. The van der Waals surface area contributed by atoms with Gasteiger partial charge in [-0.05, 0) is 24.0 Å². The Bertz CT molecular complexity index is 293. The van der Waals surface area contributed by atoms with Gasteiger partial charge in [0, 0.05) is 0 Å². The summed E-state index contributed by atoms with van der Waals surface area (Å²) in [5.74, 6) is 1.19. The first kappa shape index (κ1) is 13.1. The monoisotopic (exact) mass is 220 g/mol. The van der Waals surface area contributed by atoms with Crippen molar-refractivity contribution in [2.24, 2.45) is 5.92 Å². The molecule has 0 unspecified atom stereocenters. The molecule has 16 heavy (non-hydrogen) atoms. The molecule has 0 heterocycles. The summed E-state index contributed by atoms with van der Waals surface area (Å²) in [6.07, 6.45) is 7.40. The molecule has 90 valence electrons. The lowest BCUT2D eigenvalue weighted by atomic mass is 9.90. The Morgan fingerprint density at radius 2 is 1.81 bits per heavy atom. The van der Waals surface area contributed by atoms with E-state index in [-0.39, 0.29) is 0 Å². The van der Waals surface area contributed by atoms with Crippen LogP contribution in [0.25, 0.3) is 0 Å². The van der Waals surface area contributed by atoms with Gasteiger partial charge in [0.15, 0.2) is 0 Å². The van der Waals surface area contributed by atoms with E-state index >= 15 is 0 Å². The maximum atomic E-state index is 9.75. The Balaban J connectivity index is 2.56. The second-order valence-electron chi connectivity index (χ2n) is 4.63. The average Bonchev–Trinajstić information content (AvgIpc) is 2.29. The molecule has 0 aliphatic heterocycles. The molecule has 0 aliphatic rings. The van der Waals surface area contributed by atoms with Gasteiger partial charge in [0.25, 0.3) is 0 Å². The predicted octanol–water partition coefficient (Wildman–Crippen LogP) is 4.54. The molecule has 0 radical (unpaired) electrons. The van der Waals surface area contributed by atoms with E-state index in [2.05, 4.69) is 13.8 Å². The summed E-state index contributed by atoms with van der Waals surface area (Å²) in [6.45, 7) is 4.48. The van der Waals surface area contributed by atoms with Crippen LogP contribution in [-0.2, 0) is 6.42 Å². The molecule has 1 nitrogen and oxygen atoms in total. The van der Waals surface area contributed by atoms with Crippen LogP contribution in [0.4, 0.5) is 0 Å². The van der Waals surface area contributed by atoms with E-state index in [1.165, 1.54) is 32.1 Å². The molecule has 1 rings (SSSR count). The number of rotatable bonds is 7. The first-order valence-corrected chi connectivity index (χ1v) is 6.54. The number of aromatic hydroxyl groups is 1. The number of phenolic OH excluding ortho intramolecular Hbond substituents is 1. The summed E-state index contributed by atoms with van der Waals surface area (Å²) >= 11 is 0. The number of hydrogen-bond donors (Lipinski definition) is 1. The predicted molar refractivity (Wildman–Crippen MR) is 69.7 cm³/mol. The quantitative estimate of drug-likeness (QED) is 0.715. The number of benzene rings is 1. The van der Waals surface area contributed by atoms with E-state index in [9.17, 15) is 5.11 Å². The molecule has 0 aliphatic carbocycles. The van der Waals surface area contributed by atoms with Crippen LogP contribution < -0.4 is 0 Å². The summed E-state index contributed by atoms with van der Waals surface area (Å²) in [6, 6.07) is 7.74. The summed E-state index contributed by atoms with van der Waals surface area (Å²) in [4.78, 5) is 0. The van der Waals surface area contributed by atoms with Crippen molar-refractivity contribution in [3.8, 4) is 5.75 Å². The fraction of sp³-hybridized carbons (Fsp3) is 0.600. The zero-order chi connectivity index (χ0) is 11.8. The minimum atomic E-state index is 0.458. The van der Waals surface area contributed by atoms with Gasteiger partial charge in [-0.2, -0.15) is 0 Å². The maximum Gasteiger partial charge on any atom is 0.118 e. The lowest BCUT2D eigenvalue weighted by molar-refractivity contribution is 0.411. The number of phenols is 1. The van der Waals surface area contributed by atoms with Crippen molar-refractivity contribution >= 4 is 0 Å². The fourth-order valence-corrected chi connectivity index (χ4v) is 2.24. The van der Waals surface area contributed by atoms with Crippen LogP contribution >= 0.6 is 0 Å². The molecule has 0 saturated carbocycles. The normalized spacial score (nSPS) is 12.6. The highest BCUT2D eigenvalue weighted by Crippen LogP contribution is 2.25. The van der Waals surface area contributed by atoms with Gasteiger partial charge in [-0.15, -0.1) is 0 Å². The lowest BCUT2D eigenvalue weighted by Crippen LogP contribution is -2.04. The lowest BCUT2D eigenvalue weighted by Gasteiger charge is -2.16. The largest absolute Gasteiger partial charge is 0.508 e. The average molecular weight is 220 g/mol. The number of para-hydroxylation sites is 1. The van der Waals surface area contributed by atoms with Crippen LogP contribution in [0.3, 0.4) is 0 Å². The molecule has 1 aromatic rings. The molecule has 0 aromatic heterocycles. The summed E-state index contributed by atoms with van der Waals surface area (Å²) in [5.41, 5.74) is 1.11. The molecule has 0 fully saturated rings. The highest BCUT2D eigenvalue weighted by Gasteiger charge is 2.10. The minimum absolute atomic E-state index is 0.458. The smallest absolute Gasteiger partial charge is 0.118 e. The molecule has 0 bridgehead atoms. The molecular weight excluding hydrogens is 196 g/mol. The van der Waals surface area contributed by atoms with Gasteiger partial charge in [-0.1, -0.05) is 64.2 Å². The van der Waals surface area contributed by atoms with Gasteiger partial charge < -0.3 is 5.11 Å². The minimum Gasteiger partial charge on any atom is -0.508 e. The first-order chi connectivity index (χ1) is 7.77.